The van der Waals surface area contributed by atoms with E-state index < -0.39 is 45.2 Å². The quantitative estimate of drug-likeness (QED) is 0.355. The van der Waals surface area contributed by atoms with Crippen molar-refractivity contribution in [2.75, 3.05) is 13.1 Å². The Labute approximate surface area is 208 Å². The van der Waals surface area contributed by atoms with Crippen molar-refractivity contribution in [1.29, 1.82) is 0 Å². The van der Waals surface area contributed by atoms with E-state index >= 15 is 0 Å². The lowest BCUT2D eigenvalue weighted by atomic mass is 9.83. The van der Waals surface area contributed by atoms with Gasteiger partial charge < -0.3 is 14.5 Å². The highest BCUT2D eigenvalue weighted by molar-refractivity contribution is 6.35. The first kappa shape index (κ1) is 24.3. The zero-order valence-electron chi connectivity index (χ0n) is 18.5. The maximum atomic E-state index is 14.3. The first-order valence-electron chi connectivity index (χ1n) is 11.0. The standard InChI is InChI=1S/C24H20Cl2F4N2O3/c1-2-3-20(33)32-11-22(12-32)16-5-4-13(6-14(16)10-34-22)19-9-23(35-31-19,24(28,29)30)15-7-17(25)21(27)18(26)8-15/h4-8H,2-3,9-12H2,1H3. The molecule has 5 rings (SSSR count). The number of alkyl halides is 3. The zero-order chi connectivity index (χ0) is 25.2. The van der Waals surface area contributed by atoms with Gasteiger partial charge in [-0.25, -0.2) is 4.39 Å². The second kappa shape index (κ2) is 8.35. The van der Waals surface area contributed by atoms with E-state index in [0.29, 0.717) is 25.1 Å². The van der Waals surface area contributed by atoms with E-state index in [0.717, 1.165) is 29.7 Å². The van der Waals surface area contributed by atoms with E-state index in [2.05, 4.69) is 5.16 Å². The van der Waals surface area contributed by atoms with Gasteiger partial charge in [0.2, 0.25) is 5.91 Å². The lowest BCUT2D eigenvalue weighted by Gasteiger charge is -2.47. The predicted molar refractivity (Wildman–Crippen MR) is 121 cm³/mol. The van der Waals surface area contributed by atoms with Crippen molar-refractivity contribution in [3.8, 4) is 0 Å². The van der Waals surface area contributed by atoms with Gasteiger partial charge in [-0.05, 0) is 41.3 Å². The molecule has 0 radical (unpaired) electrons. The molecule has 0 N–H and O–H groups in total. The number of oxime groups is 1. The molecule has 1 unspecified atom stereocenters. The number of likely N-dealkylation sites (tertiary alicyclic amines) is 1. The van der Waals surface area contributed by atoms with Gasteiger partial charge in [0, 0.05) is 18.4 Å². The fraction of sp³-hybridized carbons (Fsp3) is 0.417. The Balaban J connectivity index is 1.40. The third-order valence-corrected chi connectivity index (χ3v) is 7.33. The van der Waals surface area contributed by atoms with Crippen molar-refractivity contribution < 1.29 is 31.9 Å². The van der Waals surface area contributed by atoms with Crippen LogP contribution in [0.5, 0.6) is 0 Å². The maximum absolute atomic E-state index is 14.3. The average Bonchev–Trinajstić information content (AvgIpc) is 3.39. The molecule has 11 heteroatoms. The number of hydrogen-bond acceptors (Lipinski definition) is 4. The van der Waals surface area contributed by atoms with E-state index in [9.17, 15) is 22.4 Å². The van der Waals surface area contributed by atoms with Crippen LogP contribution in [0.1, 0.15) is 48.4 Å². The number of hydrogen-bond donors (Lipinski definition) is 0. The first-order chi connectivity index (χ1) is 16.5. The van der Waals surface area contributed by atoms with E-state index in [-0.39, 0.29) is 18.2 Å². The Morgan fingerprint density at radius 3 is 2.49 bits per heavy atom. The van der Waals surface area contributed by atoms with Gasteiger partial charge in [0.25, 0.3) is 5.60 Å². The number of benzene rings is 2. The van der Waals surface area contributed by atoms with Gasteiger partial charge in [0.05, 0.1) is 35.5 Å². The summed E-state index contributed by atoms with van der Waals surface area (Å²) < 4.78 is 62.6. The molecule has 3 heterocycles. The maximum Gasteiger partial charge on any atom is 0.435 e. The SMILES string of the molecule is CCCC(=O)N1CC2(C1)OCc1cc(C3=NOC(c4cc(Cl)c(F)c(Cl)c4)(C(F)(F)F)C3)ccc12. The van der Waals surface area contributed by atoms with Gasteiger partial charge in [-0.15, -0.1) is 0 Å². The van der Waals surface area contributed by atoms with E-state index in [1.807, 2.05) is 6.92 Å². The lowest BCUT2D eigenvalue weighted by Crippen LogP contribution is -2.61. The van der Waals surface area contributed by atoms with E-state index in [4.69, 9.17) is 32.8 Å². The average molecular weight is 531 g/mol. The number of amides is 1. The molecule has 1 fully saturated rings. The molecule has 35 heavy (non-hydrogen) atoms. The van der Waals surface area contributed by atoms with Crippen molar-refractivity contribution in [3.63, 3.8) is 0 Å². The molecule has 2 aromatic rings. The number of carbonyl (C=O) groups excluding carboxylic acids is 1. The Bertz CT molecular complexity index is 1220. The van der Waals surface area contributed by atoms with Gasteiger partial charge in [-0.2, -0.15) is 13.2 Å². The van der Waals surface area contributed by atoms with Crippen LogP contribution >= 0.6 is 23.2 Å². The molecule has 1 atom stereocenters. The summed E-state index contributed by atoms with van der Waals surface area (Å²) in [7, 11) is 0. The number of ether oxygens (including phenoxy) is 1. The summed E-state index contributed by atoms with van der Waals surface area (Å²) >= 11 is 11.5. The van der Waals surface area contributed by atoms with Crippen molar-refractivity contribution in [1.82, 2.24) is 4.90 Å². The molecule has 0 aromatic heterocycles. The third-order valence-electron chi connectivity index (χ3n) is 6.78. The van der Waals surface area contributed by atoms with Crippen molar-refractivity contribution in [2.24, 2.45) is 5.16 Å². The van der Waals surface area contributed by atoms with Crippen LogP contribution < -0.4 is 0 Å². The molecule has 3 aliphatic rings. The highest BCUT2D eigenvalue weighted by Gasteiger charge is 2.62. The van der Waals surface area contributed by atoms with Gasteiger partial charge in [0.1, 0.15) is 5.60 Å². The predicted octanol–water partition coefficient (Wildman–Crippen LogP) is 6.08. The minimum atomic E-state index is -4.88. The highest BCUT2D eigenvalue weighted by Crippen LogP contribution is 2.50. The molecule has 0 aliphatic carbocycles. The van der Waals surface area contributed by atoms with Gasteiger partial charge >= 0.3 is 6.18 Å². The second-order valence-electron chi connectivity index (χ2n) is 9.04. The molecule has 3 aliphatic heterocycles. The summed E-state index contributed by atoms with van der Waals surface area (Å²) in [6.07, 6.45) is -4.28. The van der Waals surface area contributed by atoms with Crippen LogP contribution in [0.25, 0.3) is 0 Å². The minimum absolute atomic E-state index is 0.0775. The molecule has 2 aromatic carbocycles. The Kier molecular flexibility index (Phi) is 5.81. The van der Waals surface area contributed by atoms with Crippen LogP contribution in [-0.2, 0) is 32.2 Å². The summed E-state index contributed by atoms with van der Waals surface area (Å²) in [5, 5.41) is 2.68. The fourth-order valence-corrected chi connectivity index (χ4v) is 5.35. The molecule has 1 saturated heterocycles. The molecule has 0 bridgehead atoms. The van der Waals surface area contributed by atoms with Gasteiger partial charge in [-0.1, -0.05) is 47.4 Å². The van der Waals surface area contributed by atoms with Crippen LogP contribution in [0.15, 0.2) is 35.5 Å². The zero-order valence-corrected chi connectivity index (χ0v) is 20.0. The highest BCUT2D eigenvalue weighted by atomic mass is 35.5. The van der Waals surface area contributed by atoms with E-state index in [1.54, 1.807) is 23.1 Å². The van der Waals surface area contributed by atoms with Crippen molar-refractivity contribution >= 4 is 34.8 Å². The molecule has 0 saturated carbocycles. The lowest BCUT2D eigenvalue weighted by molar-refractivity contribution is -0.275. The van der Waals surface area contributed by atoms with Gasteiger partial charge in [0.15, 0.2) is 5.82 Å². The topological polar surface area (TPSA) is 51.1 Å². The Morgan fingerprint density at radius 1 is 1.17 bits per heavy atom. The van der Waals surface area contributed by atoms with Crippen molar-refractivity contribution in [2.45, 2.75) is 50.2 Å². The minimum Gasteiger partial charge on any atom is -0.374 e. The molecule has 1 amide bonds. The van der Waals surface area contributed by atoms with Crippen molar-refractivity contribution in [3.05, 3.63) is 68.4 Å². The molecule has 1 spiro atoms. The molecular weight excluding hydrogens is 511 g/mol. The number of rotatable bonds is 4. The summed E-state index contributed by atoms with van der Waals surface area (Å²) in [5.41, 5.74) is -1.60. The Morgan fingerprint density at radius 2 is 1.86 bits per heavy atom. The second-order valence-corrected chi connectivity index (χ2v) is 9.85. The summed E-state index contributed by atoms with van der Waals surface area (Å²) in [6, 6.07) is 6.93. The van der Waals surface area contributed by atoms with Crippen LogP contribution in [0, 0.1) is 5.82 Å². The fourth-order valence-electron chi connectivity index (χ4n) is 4.86. The van der Waals surface area contributed by atoms with Gasteiger partial charge in [-0.3, -0.25) is 4.79 Å². The largest absolute Gasteiger partial charge is 0.435 e. The van der Waals surface area contributed by atoms with Crippen LogP contribution in [0.2, 0.25) is 10.0 Å². The normalized spacial score (nSPS) is 22.6. The summed E-state index contributed by atoms with van der Waals surface area (Å²) in [4.78, 5) is 18.9. The smallest absolute Gasteiger partial charge is 0.374 e. The van der Waals surface area contributed by atoms with E-state index in [1.165, 1.54) is 0 Å². The molecule has 5 nitrogen and oxygen atoms in total. The summed E-state index contributed by atoms with van der Waals surface area (Å²) in [5.74, 6) is -0.930. The summed E-state index contributed by atoms with van der Waals surface area (Å²) in [6.45, 7) is 3.12. The monoisotopic (exact) mass is 530 g/mol. The number of halogens is 6. The van der Waals surface area contributed by atoms with Crippen LogP contribution in [0.3, 0.4) is 0 Å². The third kappa shape index (κ3) is 3.79. The number of nitrogens with zero attached hydrogens (tertiary/aromatic N) is 2. The Hall–Kier alpha value is -2.36. The molecule has 186 valence electrons. The molecular formula is C24H20Cl2F4N2O3. The first-order valence-corrected chi connectivity index (χ1v) is 11.8. The number of fused-ring (bicyclic) bond motifs is 2. The van der Waals surface area contributed by atoms with Crippen LogP contribution in [-0.4, -0.2) is 35.8 Å². The number of carbonyl (C=O) groups is 1. The van der Waals surface area contributed by atoms with Crippen LogP contribution in [0.4, 0.5) is 17.6 Å².